The molecule has 1 atom stereocenters. The molecule has 1 heterocycles. The summed E-state index contributed by atoms with van der Waals surface area (Å²) in [5, 5.41) is 3.57. The van der Waals surface area contributed by atoms with Crippen LogP contribution in [0.5, 0.6) is 11.5 Å². The standard InChI is InChI=1S/C26H26ClFN2O3/c1-32-24-13-18-10-11-30(16-17-6-8-21(28)9-7-17)23(22(18)14-25(24)33-2)15-29-26(31)19-4-3-5-20(27)12-19/h3-9,12-14,23H,10-11,15-16H2,1-2H3,(H,29,31). The van der Waals surface area contributed by atoms with Gasteiger partial charge in [-0.2, -0.15) is 0 Å². The van der Waals surface area contributed by atoms with Crippen LogP contribution in [0, 0.1) is 5.82 Å². The minimum Gasteiger partial charge on any atom is -0.493 e. The van der Waals surface area contributed by atoms with E-state index in [-0.39, 0.29) is 17.8 Å². The van der Waals surface area contributed by atoms with E-state index in [1.54, 1.807) is 50.6 Å². The number of hydrogen-bond donors (Lipinski definition) is 1. The van der Waals surface area contributed by atoms with Crippen molar-refractivity contribution in [3.63, 3.8) is 0 Å². The van der Waals surface area contributed by atoms with Gasteiger partial charge in [-0.1, -0.05) is 29.8 Å². The van der Waals surface area contributed by atoms with Crippen LogP contribution < -0.4 is 14.8 Å². The predicted molar refractivity (Wildman–Crippen MR) is 127 cm³/mol. The maximum absolute atomic E-state index is 13.4. The Labute approximate surface area is 198 Å². The first kappa shape index (κ1) is 23.1. The third-order valence-corrected chi connectivity index (χ3v) is 6.19. The lowest BCUT2D eigenvalue weighted by molar-refractivity contribution is 0.0925. The fourth-order valence-corrected chi connectivity index (χ4v) is 4.44. The molecule has 0 radical (unpaired) electrons. The Morgan fingerprint density at radius 2 is 1.82 bits per heavy atom. The SMILES string of the molecule is COc1cc2c(cc1OC)C(CNC(=O)c1cccc(Cl)c1)N(Cc1ccc(F)cc1)CC2. The number of fused-ring (bicyclic) bond motifs is 1. The molecule has 1 unspecified atom stereocenters. The number of hydrogen-bond acceptors (Lipinski definition) is 4. The summed E-state index contributed by atoms with van der Waals surface area (Å²) in [6.07, 6.45) is 0.829. The van der Waals surface area contributed by atoms with Crippen LogP contribution in [0.4, 0.5) is 4.39 Å². The summed E-state index contributed by atoms with van der Waals surface area (Å²) in [4.78, 5) is 15.1. The maximum Gasteiger partial charge on any atom is 0.251 e. The first-order valence-corrected chi connectivity index (χ1v) is 11.1. The van der Waals surface area contributed by atoms with Gasteiger partial charge in [0.25, 0.3) is 5.91 Å². The third kappa shape index (κ3) is 5.29. The highest BCUT2D eigenvalue weighted by atomic mass is 35.5. The van der Waals surface area contributed by atoms with E-state index in [1.165, 1.54) is 12.1 Å². The summed E-state index contributed by atoms with van der Waals surface area (Å²) in [5.74, 6) is 0.882. The fraction of sp³-hybridized carbons (Fsp3) is 0.269. The van der Waals surface area contributed by atoms with Crippen molar-refractivity contribution in [3.8, 4) is 11.5 Å². The summed E-state index contributed by atoms with van der Waals surface area (Å²) in [6.45, 7) is 1.82. The Bertz CT molecular complexity index is 1140. The number of rotatable bonds is 7. The van der Waals surface area contributed by atoms with E-state index in [9.17, 15) is 9.18 Å². The Balaban J connectivity index is 1.62. The van der Waals surface area contributed by atoms with Crippen LogP contribution in [-0.4, -0.2) is 38.1 Å². The van der Waals surface area contributed by atoms with Gasteiger partial charge in [0.1, 0.15) is 5.82 Å². The molecule has 0 spiro atoms. The van der Waals surface area contributed by atoms with Crippen molar-refractivity contribution < 1.29 is 18.7 Å². The van der Waals surface area contributed by atoms with Crippen molar-refractivity contribution in [1.29, 1.82) is 0 Å². The number of nitrogens with one attached hydrogen (secondary N) is 1. The summed E-state index contributed by atoms with van der Waals surface area (Å²) in [7, 11) is 3.23. The van der Waals surface area contributed by atoms with Gasteiger partial charge < -0.3 is 14.8 Å². The van der Waals surface area contributed by atoms with E-state index in [4.69, 9.17) is 21.1 Å². The second-order valence-electron chi connectivity index (χ2n) is 7.99. The van der Waals surface area contributed by atoms with Gasteiger partial charge in [0.05, 0.1) is 20.3 Å². The van der Waals surface area contributed by atoms with Gasteiger partial charge in [-0.3, -0.25) is 9.69 Å². The van der Waals surface area contributed by atoms with Crippen molar-refractivity contribution >= 4 is 17.5 Å². The largest absolute Gasteiger partial charge is 0.493 e. The van der Waals surface area contributed by atoms with Crippen LogP contribution in [0.2, 0.25) is 5.02 Å². The molecule has 1 aliphatic rings. The molecule has 3 aromatic rings. The van der Waals surface area contributed by atoms with Gasteiger partial charge in [-0.15, -0.1) is 0 Å². The summed E-state index contributed by atoms with van der Waals surface area (Å²) < 4.78 is 24.4. The smallest absolute Gasteiger partial charge is 0.251 e. The molecular formula is C26H26ClFN2O3. The molecule has 1 N–H and O–H groups in total. The van der Waals surface area contributed by atoms with Gasteiger partial charge in [0.15, 0.2) is 11.5 Å². The minimum absolute atomic E-state index is 0.0956. The predicted octanol–water partition coefficient (Wildman–Crippen LogP) is 5.03. The molecule has 1 aliphatic heterocycles. The third-order valence-electron chi connectivity index (χ3n) is 5.96. The lowest BCUT2D eigenvalue weighted by atomic mass is 9.91. The van der Waals surface area contributed by atoms with E-state index >= 15 is 0 Å². The number of ether oxygens (including phenoxy) is 2. The number of benzene rings is 3. The molecule has 0 fully saturated rings. The maximum atomic E-state index is 13.4. The Hall–Kier alpha value is -3.09. The zero-order valence-electron chi connectivity index (χ0n) is 18.6. The molecule has 33 heavy (non-hydrogen) atoms. The molecular weight excluding hydrogens is 443 g/mol. The second kappa shape index (κ2) is 10.2. The minimum atomic E-state index is -0.259. The molecule has 0 saturated carbocycles. The number of methoxy groups -OCH3 is 2. The van der Waals surface area contributed by atoms with Gasteiger partial charge in [0.2, 0.25) is 0 Å². The van der Waals surface area contributed by atoms with Crippen molar-refractivity contribution in [1.82, 2.24) is 10.2 Å². The summed E-state index contributed by atoms with van der Waals surface area (Å²) in [6, 6.07) is 17.3. The first-order valence-electron chi connectivity index (χ1n) is 10.8. The van der Waals surface area contributed by atoms with Crippen LogP contribution >= 0.6 is 11.6 Å². The molecule has 4 rings (SSSR count). The zero-order valence-corrected chi connectivity index (χ0v) is 19.4. The number of carbonyl (C=O) groups excluding carboxylic acids is 1. The monoisotopic (exact) mass is 468 g/mol. The van der Waals surface area contributed by atoms with Gasteiger partial charge >= 0.3 is 0 Å². The van der Waals surface area contributed by atoms with Crippen molar-refractivity contribution in [2.75, 3.05) is 27.3 Å². The topological polar surface area (TPSA) is 50.8 Å². The van der Waals surface area contributed by atoms with E-state index in [0.717, 1.165) is 29.7 Å². The molecule has 7 heteroatoms. The highest BCUT2D eigenvalue weighted by Gasteiger charge is 2.29. The van der Waals surface area contributed by atoms with Gasteiger partial charge in [0, 0.05) is 30.2 Å². The normalized spacial score (nSPS) is 15.6. The molecule has 5 nitrogen and oxygen atoms in total. The second-order valence-corrected chi connectivity index (χ2v) is 8.43. The van der Waals surface area contributed by atoms with E-state index in [1.807, 2.05) is 12.1 Å². The zero-order chi connectivity index (χ0) is 23.4. The molecule has 0 aliphatic carbocycles. The number of carbonyl (C=O) groups is 1. The van der Waals surface area contributed by atoms with Crippen molar-refractivity contribution in [2.45, 2.75) is 19.0 Å². The lowest BCUT2D eigenvalue weighted by Crippen LogP contribution is -2.41. The molecule has 0 bridgehead atoms. The van der Waals surface area contributed by atoms with E-state index in [2.05, 4.69) is 10.2 Å². The number of halogens is 2. The molecule has 172 valence electrons. The summed E-state index contributed by atoms with van der Waals surface area (Å²) >= 11 is 6.05. The molecule has 3 aromatic carbocycles. The van der Waals surface area contributed by atoms with Crippen molar-refractivity contribution in [3.05, 3.63) is 93.8 Å². The number of amides is 1. The molecule has 0 aromatic heterocycles. The average Bonchev–Trinajstić information content (AvgIpc) is 2.83. The van der Waals surface area contributed by atoms with Crippen LogP contribution in [0.3, 0.4) is 0 Å². The number of nitrogens with zero attached hydrogens (tertiary/aromatic N) is 1. The van der Waals surface area contributed by atoms with Crippen molar-refractivity contribution in [2.24, 2.45) is 0 Å². The average molecular weight is 469 g/mol. The van der Waals surface area contributed by atoms with Crippen LogP contribution in [0.15, 0.2) is 60.7 Å². The highest BCUT2D eigenvalue weighted by Crippen LogP contribution is 2.38. The van der Waals surface area contributed by atoms with Gasteiger partial charge in [-0.05, 0) is 65.6 Å². The highest BCUT2D eigenvalue weighted by molar-refractivity contribution is 6.30. The van der Waals surface area contributed by atoms with E-state index in [0.29, 0.717) is 35.2 Å². The van der Waals surface area contributed by atoms with Crippen LogP contribution in [0.1, 0.15) is 33.1 Å². The fourth-order valence-electron chi connectivity index (χ4n) is 4.25. The quantitative estimate of drug-likeness (QED) is 0.528. The molecule has 1 amide bonds. The lowest BCUT2D eigenvalue weighted by Gasteiger charge is -2.38. The first-order chi connectivity index (χ1) is 16.0. The van der Waals surface area contributed by atoms with E-state index < -0.39 is 0 Å². The summed E-state index contributed by atoms with van der Waals surface area (Å²) in [5.41, 5.74) is 3.75. The van der Waals surface area contributed by atoms with Crippen LogP contribution in [0.25, 0.3) is 0 Å². The Morgan fingerprint density at radius 3 is 2.52 bits per heavy atom. The van der Waals surface area contributed by atoms with Gasteiger partial charge in [-0.25, -0.2) is 4.39 Å². The Kier molecular flexibility index (Phi) is 7.16. The molecule has 0 saturated heterocycles. The Morgan fingerprint density at radius 1 is 1.09 bits per heavy atom. The van der Waals surface area contributed by atoms with Crippen LogP contribution in [-0.2, 0) is 13.0 Å².